The summed E-state index contributed by atoms with van der Waals surface area (Å²) >= 11 is 0. The van der Waals surface area contributed by atoms with Gasteiger partial charge in [-0.1, -0.05) is 18.2 Å². The summed E-state index contributed by atoms with van der Waals surface area (Å²) in [4.78, 5) is 12.0. The Kier molecular flexibility index (Phi) is 4.37. The predicted molar refractivity (Wildman–Crippen MR) is 95.4 cm³/mol. The van der Waals surface area contributed by atoms with E-state index in [-0.39, 0.29) is 12.8 Å². The molecular formula is C19H18N2O5. The topological polar surface area (TPSA) is 93.0 Å². The Balaban J connectivity index is 1.28. The van der Waals surface area contributed by atoms with Crippen LogP contribution >= 0.6 is 0 Å². The van der Waals surface area contributed by atoms with E-state index in [4.69, 9.17) is 13.9 Å². The third-order valence-corrected chi connectivity index (χ3v) is 4.11. The van der Waals surface area contributed by atoms with Gasteiger partial charge in [0.25, 0.3) is 0 Å². The molecule has 2 heterocycles. The monoisotopic (exact) mass is 354 g/mol. The van der Waals surface area contributed by atoms with Crippen LogP contribution in [0.5, 0.6) is 11.5 Å². The highest BCUT2D eigenvalue weighted by Gasteiger charge is 2.15. The van der Waals surface area contributed by atoms with Crippen LogP contribution in [-0.4, -0.2) is 24.5 Å². The third-order valence-electron chi connectivity index (χ3n) is 4.11. The van der Waals surface area contributed by atoms with Gasteiger partial charge in [0.2, 0.25) is 6.79 Å². The van der Waals surface area contributed by atoms with E-state index in [9.17, 15) is 9.90 Å². The summed E-state index contributed by atoms with van der Waals surface area (Å²) in [7, 11) is 0. The molecule has 0 saturated heterocycles. The summed E-state index contributed by atoms with van der Waals surface area (Å²) in [6.07, 6.45) is -0.442. The highest BCUT2D eigenvalue weighted by Crippen LogP contribution is 2.34. The van der Waals surface area contributed by atoms with Crippen molar-refractivity contribution < 1.29 is 23.8 Å². The van der Waals surface area contributed by atoms with E-state index >= 15 is 0 Å². The third kappa shape index (κ3) is 3.43. The van der Waals surface area contributed by atoms with Crippen LogP contribution < -0.4 is 20.1 Å². The van der Waals surface area contributed by atoms with E-state index in [0.29, 0.717) is 35.9 Å². The first kappa shape index (κ1) is 16.3. The molecule has 1 unspecified atom stereocenters. The molecule has 0 radical (unpaired) electrons. The largest absolute Gasteiger partial charge is 0.458 e. The molecule has 2 amide bonds. The van der Waals surface area contributed by atoms with Crippen molar-refractivity contribution in [2.24, 2.45) is 0 Å². The van der Waals surface area contributed by atoms with Gasteiger partial charge in [-0.2, -0.15) is 0 Å². The SMILES string of the molecule is O=C(NCCC(O)c1cc2ccccc2o1)Nc1ccc2c(c1)OCO2. The lowest BCUT2D eigenvalue weighted by Crippen LogP contribution is -2.30. The number of para-hydroxylation sites is 1. The van der Waals surface area contributed by atoms with Gasteiger partial charge in [0.05, 0.1) is 0 Å². The molecule has 0 bridgehead atoms. The molecule has 134 valence electrons. The molecule has 3 N–H and O–H groups in total. The summed E-state index contributed by atoms with van der Waals surface area (Å²) in [5.41, 5.74) is 1.33. The van der Waals surface area contributed by atoms with Crippen molar-refractivity contribution in [2.75, 3.05) is 18.7 Å². The molecule has 0 fully saturated rings. The Bertz CT molecular complexity index is 904. The second-order valence-electron chi connectivity index (χ2n) is 5.94. The number of furan rings is 1. The average molecular weight is 354 g/mol. The number of carbonyl (C=O) groups excluding carboxylic acids is 1. The van der Waals surface area contributed by atoms with Crippen LogP contribution in [0.4, 0.5) is 10.5 Å². The molecule has 3 aromatic rings. The summed E-state index contributed by atoms with van der Waals surface area (Å²) in [5.74, 6) is 1.75. The van der Waals surface area contributed by atoms with Gasteiger partial charge in [0.15, 0.2) is 11.5 Å². The van der Waals surface area contributed by atoms with Crippen molar-refractivity contribution in [1.82, 2.24) is 5.32 Å². The van der Waals surface area contributed by atoms with Crippen molar-refractivity contribution in [2.45, 2.75) is 12.5 Å². The quantitative estimate of drug-likeness (QED) is 0.653. The first-order chi connectivity index (χ1) is 12.7. The van der Waals surface area contributed by atoms with Gasteiger partial charge in [-0.15, -0.1) is 0 Å². The average Bonchev–Trinajstić information content (AvgIpc) is 3.27. The van der Waals surface area contributed by atoms with Crippen LogP contribution in [0.25, 0.3) is 11.0 Å². The van der Waals surface area contributed by atoms with Crippen LogP contribution in [0.2, 0.25) is 0 Å². The van der Waals surface area contributed by atoms with Gasteiger partial charge in [0, 0.05) is 23.7 Å². The summed E-state index contributed by atoms with van der Waals surface area (Å²) in [5, 5.41) is 16.6. The Labute approximate surface area is 149 Å². The molecule has 4 rings (SSSR count). The van der Waals surface area contributed by atoms with Crippen molar-refractivity contribution >= 4 is 22.7 Å². The molecule has 1 aliphatic heterocycles. The highest BCUT2D eigenvalue weighted by molar-refractivity contribution is 5.89. The maximum Gasteiger partial charge on any atom is 0.319 e. The van der Waals surface area contributed by atoms with E-state index < -0.39 is 6.10 Å². The number of fused-ring (bicyclic) bond motifs is 2. The number of rotatable bonds is 5. The lowest BCUT2D eigenvalue weighted by Gasteiger charge is -2.10. The van der Waals surface area contributed by atoms with Crippen LogP contribution in [0.15, 0.2) is 52.9 Å². The zero-order chi connectivity index (χ0) is 17.9. The zero-order valence-corrected chi connectivity index (χ0v) is 13.9. The second kappa shape index (κ2) is 6.97. The van der Waals surface area contributed by atoms with E-state index in [2.05, 4.69) is 10.6 Å². The molecule has 1 aliphatic rings. The first-order valence-electron chi connectivity index (χ1n) is 8.30. The lowest BCUT2D eigenvalue weighted by molar-refractivity contribution is 0.143. The second-order valence-corrected chi connectivity index (χ2v) is 5.94. The predicted octanol–water partition coefficient (Wildman–Crippen LogP) is 3.41. The van der Waals surface area contributed by atoms with E-state index in [0.717, 1.165) is 11.0 Å². The number of aliphatic hydroxyl groups is 1. The van der Waals surface area contributed by atoms with E-state index in [1.54, 1.807) is 18.2 Å². The molecule has 7 heteroatoms. The minimum atomic E-state index is -0.784. The van der Waals surface area contributed by atoms with Gasteiger partial charge in [0.1, 0.15) is 17.4 Å². The van der Waals surface area contributed by atoms with Crippen molar-refractivity contribution in [3.8, 4) is 11.5 Å². The molecule has 0 saturated carbocycles. The van der Waals surface area contributed by atoms with E-state index in [1.165, 1.54) is 0 Å². The Hall–Kier alpha value is -3.19. The number of carbonyl (C=O) groups is 1. The summed E-state index contributed by atoms with van der Waals surface area (Å²) in [6.45, 7) is 0.485. The number of anilines is 1. The molecule has 2 aromatic carbocycles. The highest BCUT2D eigenvalue weighted by atomic mass is 16.7. The van der Waals surface area contributed by atoms with Crippen LogP contribution in [0.1, 0.15) is 18.3 Å². The van der Waals surface area contributed by atoms with Crippen molar-refractivity contribution in [1.29, 1.82) is 0 Å². The van der Waals surface area contributed by atoms with Crippen LogP contribution in [0.3, 0.4) is 0 Å². The van der Waals surface area contributed by atoms with Gasteiger partial charge < -0.3 is 29.6 Å². The fraction of sp³-hybridized carbons (Fsp3) is 0.211. The van der Waals surface area contributed by atoms with E-state index in [1.807, 2.05) is 30.3 Å². The van der Waals surface area contributed by atoms with Crippen molar-refractivity contribution in [3.63, 3.8) is 0 Å². The fourth-order valence-electron chi connectivity index (χ4n) is 2.78. The van der Waals surface area contributed by atoms with Crippen LogP contribution in [-0.2, 0) is 0 Å². The number of urea groups is 1. The summed E-state index contributed by atoms with van der Waals surface area (Å²) < 4.78 is 16.1. The van der Waals surface area contributed by atoms with Gasteiger partial charge in [-0.05, 0) is 30.7 Å². The number of hydrogen-bond donors (Lipinski definition) is 3. The van der Waals surface area contributed by atoms with Gasteiger partial charge in [-0.3, -0.25) is 0 Å². The fourth-order valence-corrected chi connectivity index (χ4v) is 2.78. The number of nitrogens with one attached hydrogen (secondary N) is 2. The normalized spacial score (nSPS) is 13.6. The maximum absolute atomic E-state index is 12.0. The number of ether oxygens (including phenoxy) is 2. The molecule has 1 atom stereocenters. The number of amides is 2. The maximum atomic E-state index is 12.0. The molecule has 26 heavy (non-hydrogen) atoms. The first-order valence-corrected chi connectivity index (χ1v) is 8.30. The minimum absolute atomic E-state index is 0.185. The molecule has 0 spiro atoms. The lowest BCUT2D eigenvalue weighted by atomic mass is 10.2. The number of benzene rings is 2. The Morgan fingerprint density at radius 3 is 2.85 bits per heavy atom. The summed E-state index contributed by atoms with van der Waals surface area (Å²) in [6, 6.07) is 14.2. The molecule has 1 aromatic heterocycles. The van der Waals surface area contributed by atoms with Gasteiger partial charge >= 0.3 is 6.03 Å². The standard InChI is InChI=1S/C19H18N2O5/c22-14(17-9-12-3-1-2-4-15(12)26-17)7-8-20-19(23)21-13-5-6-16-18(10-13)25-11-24-16/h1-6,9-10,14,22H,7-8,11H2,(H2,20,21,23). The van der Waals surface area contributed by atoms with Crippen LogP contribution in [0, 0.1) is 0 Å². The molecule has 0 aliphatic carbocycles. The Morgan fingerprint density at radius 1 is 1.12 bits per heavy atom. The molecular weight excluding hydrogens is 336 g/mol. The van der Waals surface area contributed by atoms with Crippen molar-refractivity contribution in [3.05, 3.63) is 54.3 Å². The number of hydrogen-bond acceptors (Lipinski definition) is 5. The van der Waals surface area contributed by atoms with Gasteiger partial charge in [-0.25, -0.2) is 4.79 Å². The Morgan fingerprint density at radius 2 is 1.96 bits per heavy atom. The number of aliphatic hydroxyl groups excluding tert-OH is 1. The smallest absolute Gasteiger partial charge is 0.319 e. The molecule has 7 nitrogen and oxygen atoms in total. The zero-order valence-electron chi connectivity index (χ0n) is 13.9. The minimum Gasteiger partial charge on any atom is -0.458 e.